The third-order valence-electron chi connectivity index (χ3n) is 3.59. The lowest BCUT2D eigenvalue weighted by Crippen LogP contribution is -2.00. The fraction of sp³-hybridized carbons (Fsp3) is 0.118. The van der Waals surface area contributed by atoms with Gasteiger partial charge in [-0.15, -0.1) is 11.3 Å². The minimum atomic E-state index is 0.514. The number of benzene rings is 1. The van der Waals surface area contributed by atoms with Crippen LogP contribution in [-0.4, -0.2) is 22.1 Å². The van der Waals surface area contributed by atoms with Gasteiger partial charge in [0, 0.05) is 22.8 Å². The number of methoxy groups -OCH3 is 1. The van der Waals surface area contributed by atoms with Crippen LogP contribution in [-0.2, 0) is 6.54 Å². The summed E-state index contributed by atoms with van der Waals surface area (Å²) in [6, 6.07) is 9.37. The Bertz CT molecular complexity index is 997. The summed E-state index contributed by atoms with van der Waals surface area (Å²) < 4.78 is 11.7. The number of aromatic nitrogens is 3. The number of nitrogens with one attached hydrogen (secondary N) is 1. The van der Waals surface area contributed by atoms with Crippen LogP contribution in [0, 0.1) is 0 Å². The Morgan fingerprint density at radius 1 is 1.28 bits per heavy atom. The molecule has 1 aromatic carbocycles. The zero-order valence-corrected chi connectivity index (χ0v) is 14.8. The Hall–Kier alpha value is -2.64. The molecular formula is C17H13ClN4O2S. The molecule has 0 aliphatic rings. The van der Waals surface area contributed by atoms with Gasteiger partial charge in [-0.3, -0.25) is 0 Å². The van der Waals surface area contributed by atoms with Crippen LogP contribution in [0.4, 0.5) is 5.69 Å². The van der Waals surface area contributed by atoms with Gasteiger partial charge in [0.05, 0.1) is 19.3 Å². The number of nitrogens with zero attached hydrogens (tertiary/aromatic N) is 3. The van der Waals surface area contributed by atoms with E-state index in [0.29, 0.717) is 28.1 Å². The van der Waals surface area contributed by atoms with Gasteiger partial charge in [0.25, 0.3) is 0 Å². The second-order valence-corrected chi connectivity index (χ2v) is 6.89. The maximum Gasteiger partial charge on any atom is 0.228 e. The maximum absolute atomic E-state index is 5.87. The summed E-state index contributed by atoms with van der Waals surface area (Å²) in [6.07, 6.45) is 3.44. The number of rotatable bonds is 5. The highest BCUT2D eigenvalue weighted by Crippen LogP contribution is 2.32. The number of anilines is 1. The fourth-order valence-corrected chi connectivity index (χ4v) is 3.34. The molecule has 8 heteroatoms. The van der Waals surface area contributed by atoms with E-state index in [2.05, 4.69) is 20.3 Å². The third-order valence-corrected chi connectivity index (χ3v) is 4.70. The first-order valence-corrected chi connectivity index (χ1v) is 8.66. The summed E-state index contributed by atoms with van der Waals surface area (Å²) in [5, 5.41) is 3.34. The number of oxazole rings is 1. The van der Waals surface area contributed by atoms with Crippen molar-refractivity contribution in [1.82, 2.24) is 15.0 Å². The summed E-state index contributed by atoms with van der Waals surface area (Å²) in [7, 11) is 1.63. The largest absolute Gasteiger partial charge is 0.495 e. The number of hydrogen-bond donors (Lipinski definition) is 1. The third kappa shape index (κ3) is 3.29. The van der Waals surface area contributed by atoms with Crippen LogP contribution in [0.15, 0.2) is 47.1 Å². The SMILES string of the molecule is COc1ccc(-c2nc3ncccc3o2)cc1NCc1cnc(Cl)s1. The molecule has 0 spiro atoms. The van der Waals surface area contributed by atoms with Gasteiger partial charge >= 0.3 is 0 Å². The smallest absolute Gasteiger partial charge is 0.228 e. The molecule has 0 aliphatic carbocycles. The molecule has 3 heterocycles. The fourth-order valence-electron chi connectivity index (χ4n) is 2.42. The van der Waals surface area contributed by atoms with Gasteiger partial charge in [0.15, 0.2) is 15.7 Å². The molecule has 0 radical (unpaired) electrons. The van der Waals surface area contributed by atoms with E-state index in [4.69, 9.17) is 20.8 Å². The second-order valence-electron chi connectivity index (χ2n) is 5.19. The van der Waals surface area contributed by atoms with E-state index >= 15 is 0 Å². The lowest BCUT2D eigenvalue weighted by atomic mass is 10.2. The number of ether oxygens (including phenoxy) is 1. The predicted molar refractivity (Wildman–Crippen MR) is 98.2 cm³/mol. The first-order valence-electron chi connectivity index (χ1n) is 7.47. The van der Waals surface area contributed by atoms with Crippen molar-refractivity contribution >= 4 is 39.9 Å². The van der Waals surface area contributed by atoms with E-state index in [0.717, 1.165) is 21.9 Å². The summed E-state index contributed by atoms with van der Waals surface area (Å²) in [6.45, 7) is 0.597. The minimum Gasteiger partial charge on any atom is -0.495 e. The van der Waals surface area contributed by atoms with Crippen molar-refractivity contribution in [1.29, 1.82) is 0 Å². The Morgan fingerprint density at radius 3 is 2.96 bits per heavy atom. The molecule has 25 heavy (non-hydrogen) atoms. The first-order chi connectivity index (χ1) is 12.2. The summed E-state index contributed by atoms with van der Waals surface area (Å²) >= 11 is 7.31. The second kappa shape index (κ2) is 6.70. The average molecular weight is 373 g/mol. The molecule has 0 aliphatic heterocycles. The Morgan fingerprint density at radius 2 is 2.20 bits per heavy atom. The molecule has 0 fully saturated rings. The Kier molecular flexibility index (Phi) is 4.25. The molecule has 4 rings (SSSR count). The van der Waals surface area contributed by atoms with Crippen LogP contribution in [0.1, 0.15) is 4.88 Å². The van der Waals surface area contributed by atoms with Crippen LogP contribution in [0.2, 0.25) is 4.47 Å². The van der Waals surface area contributed by atoms with Crippen molar-refractivity contribution in [2.45, 2.75) is 6.54 Å². The predicted octanol–water partition coefficient (Wildman–Crippen LogP) is 4.62. The van der Waals surface area contributed by atoms with Crippen LogP contribution in [0.25, 0.3) is 22.7 Å². The molecule has 126 valence electrons. The van der Waals surface area contributed by atoms with Gasteiger partial charge in [0.1, 0.15) is 5.75 Å². The van der Waals surface area contributed by atoms with Gasteiger partial charge in [0.2, 0.25) is 5.89 Å². The van der Waals surface area contributed by atoms with Crippen LogP contribution in [0.5, 0.6) is 5.75 Å². The highest BCUT2D eigenvalue weighted by atomic mass is 35.5. The van der Waals surface area contributed by atoms with Gasteiger partial charge < -0.3 is 14.5 Å². The number of hydrogen-bond acceptors (Lipinski definition) is 7. The summed E-state index contributed by atoms with van der Waals surface area (Å²) in [4.78, 5) is 13.7. The number of pyridine rings is 1. The highest BCUT2D eigenvalue weighted by Gasteiger charge is 2.12. The summed E-state index contributed by atoms with van der Waals surface area (Å²) in [5.41, 5.74) is 2.91. The molecule has 4 aromatic rings. The molecule has 0 atom stereocenters. The van der Waals surface area contributed by atoms with Crippen molar-refractivity contribution in [3.63, 3.8) is 0 Å². The van der Waals surface area contributed by atoms with E-state index in [-0.39, 0.29) is 0 Å². The minimum absolute atomic E-state index is 0.514. The van der Waals surface area contributed by atoms with E-state index in [1.807, 2.05) is 30.3 Å². The Labute approximate surface area is 152 Å². The lowest BCUT2D eigenvalue weighted by molar-refractivity contribution is 0.416. The molecule has 0 amide bonds. The van der Waals surface area contributed by atoms with Crippen molar-refractivity contribution in [2.75, 3.05) is 12.4 Å². The molecular weight excluding hydrogens is 360 g/mol. The lowest BCUT2D eigenvalue weighted by Gasteiger charge is -2.11. The van der Waals surface area contributed by atoms with Crippen molar-refractivity contribution in [3.8, 4) is 17.2 Å². The topological polar surface area (TPSA) is 73.1 Å². The van der Waals surface area contributed by atoms with Gasteiger partial charge in [-0.1, -0.05) is 11.6 Å². The quantitative estimate of drug-likeness (QED) is 0.551. The summed E-state index contributed by atoms with van der Waals surface area (Å²) in [5.74, 6) is 1.24. The molecule has 0 bridgehead atoms. The number of thiazole rings is 1. The van der Waals surface area contributed by atoms with Gasteiger partial charge in [-0.05, 0) is 30.3 Å². The zero-order chi connectivity index (χ0) is 17.2. The van der Waals surface area contributed by atoms with Gasteiger partial charge in [-0.2, -0.15) is 4.98 Å². The molecule has 0 saturated carbocycles. The van der Waals surface area contributed by atoms with E-state index in [9.17, 15) is 0 Å². The molecule has 6 nitrogen and oxygen atoms in total. The monoisotopic (exact) mass is 372 g/mol. The van der Waals surface area contributed by atoms with Crippen molar-refractivity contribution < 1.29 is 9.15 Å². The van der Waals surface area contributed by atoms with E-state index < -0.39 is 0 Å². The van der Waals surface area contributed by atoms with Crippen molar-refractivity contribution in [2.24, 2.45) is 0 Å². The van der Waals surface area contributed by atoms with E-state index in [1.165, 1.54) is 11.3 Å². The number of halogens is 1. The highest BCUT2D eigenvalue weighted by molar-refractivity contribution is 7.15. The van der Waals surface area contributed by atoms with Crippen LogP contribution < -0.4 is 10.1 Å². The first kappa shape index (κ1) is 15.9. The molecule has 0 saturated heterocycles. The van der Waals surface area contributed by atoms with E-state index in [1.54, 1.807) is 19.5 Å². The van der Waals surface area contributed by atoms with Crippen molar-refractivity contribution in [3.05, 3.63) is 52.1 Å². The average Bonchev–Trinajstić information content (AvgIpc) is 3.25. The Balaban J connectivity index is 1.65. The standard InChI is InChI=1S/C17H13ClN4O2S/c1-23-13-5-4-10(16-22-15-14(24-16)3-2-6-19-15)7-12(13)20-8-11-9-21-17(18)25-11/h2-7,9,20H,8H2,1H3. The molecule has 1 N–H and O–H groups in total. The maximum atomic E-state index is 5.87. The van der Waals surface area contributed by atoms with Gasteiger partial charge in [-0.25, -0.2) is 9.97 Å². The zero-order valence-electron chi connectivity index (χ0n) is 13.2. The molecule has 0 unspecified atom stereocenters. The van der Waals surface area contributed by atoms with Crippen LogP contribution >= 0.6 is 22.9 Å². The number of fused-ring (bicyclic) bond motifs is 1. The van der Waals surface area contributed by atoms with Crippen LogP contribution in [0.3, 0.4) is 0 Å². The molecule has 3 aromatic heterocycles. The normalized spacial score (nSPS) is 11.0.